The van der Waals surface area contributed by atoms with Gasteiger partial charge in [-0.05, 0) is 60.4 Å². The predicted octanol–water partition coefficient (Wildman–Crippen LogP) is 2.18. The Balaban J connectivity index is 2.60. The molecule has 2 unspecified atom stereocenters. The van der Waals surface area contributed by atoms with Crippen LogP contribution in [0.2, 0.25) is 0 Å². The molecule has 1 aliphatic rings. The molecule has 0 radical (unpaired) electrons. The quantitative estimate of drug-likeness (QED) is 0.720. The summed E-state index contributed by atoms with van der Waals surface area (Å²) in [6.45, 7) is 12.8. The van der Waals surface area contributed by atoms with Gasteiger partial charge in [-0.2, -0.15) is 0 Å². The monoisotopic (exact) mass is 270 g/mol. The Labute approximate surface area is 117 Å². The number of rotatable bonds is 7. The molecule has 112 valence electrons. The maximum absolute atomic E-state index is 12.2. The fraction of sp³-hybridized carbons (Fsp3) is 0.933. The molecule has 1 N–H and O–H groups in total. The lowest BCUT2D eigenvalue weighted by molar-refractivity contribution is -0.151. The van der Waals surface area contributed by atoms with E-state index in [2.05, 4.69) is 31.0 Å². The van der Waals surface area contributed by atoms with E-state index >= 15 is 0 Å². The highest BCUT2D eigenvalue weighted by molar-refractivity contribution is 5.80. The van der Waals surface area contributed by atoms with Gasteiger partial charge < -0.3 is 9.64 Å². The van der Waals surface area contributed by atoms with Gasteiger partial charge in [0.05, 0.1) is 6.61 Å². The second kappa shape index (κ2) is 7.25. The van der Waals surface area contributed by atoms with E-state index in [1.54, 1.807) is 0 Å². The Hall–Kier alpha value is -0.610. The normalized spacial score (nSPS) is 23.6. The van der Waals surface area contributed by atoms with Gasteiger partial charge in [-0.25, -0.2) is 0 Å². The maximum atomic E-state index is 12.2. The summed E-state index contributed by atoms with van der Waals surface area (Å²) in [4.78, 5) is 14.7. The van der Waals surface area contributed by atoms with E-state index in [9.17, 15) is 4.79 Å². The van der Waals surface area contributed by atoms with E-state index in [0.717, 1.165) is 19.5 Å². The van der Waals surface area contributed by atoms with Crippen molar-refractivity contribution in [1.29, 1.82) is 0 Å². The summed E-state index contributed by atoms with van der Waals surface area (Å²) in [6, 6.07) is 0.913. The molecule has 1 rings (SSSR count). The highest BCUT2D eigenvalue weighted by Crippen LogP contribution is 2.20. The van der Waals surface area contributed by atoms with Crippen LogP contribution in [-0.2, 0) is 9.53 Å². The third kappa shape index (κ3) is 4.77. The van der Waals surface area contributed by atoms with Gasteiger partial charge >= 0.3 is 5.97 Å². The van der Waals surface area contributed by atoms with Crippen molar-refractivity contribution in [2.45, 2.75) is 71.5 Å². The number of nitrogens with one attached hydrogen (secondary N) is 1. The van der Waals surface area contributed by atoms with Crippen LogP contribution in [0.4, 0.5) is 0 Å². The van der Waals surface area contributed by atoms with Crippen molar-refractivity contribution in [3.63, 3.8) is 0 Å². The van der Waals surface area contributed by atoms with Gasteiger partial charge in [-0.1, -0.05) is 0 Å². The van der Waals surface area contributed by atoms with E-state index < -0.39 is 5.54 Å². The first-order valence-corrected chi connectivity index (χ1v) is 7.58. The van der Waals surface area contributed by atoms with Gasteiger partial charge in [-0.15, -0.1) is 0 Å². The first-order chi connectivity index (χ1) is 8.89. The number of likely N-dealkylation sites (tertiary alicyclic amines) is 1. The highest BCUT2D eigenvalue weighted by atomic mass is 16.5. The van der Waals surface area contributed by atoms with Gasteiger partial charge in [0.2, 0.25) is 0 Å². The summed E-state index contributed by atoms with van der Waals surface area (Å²) in [5.74, 6) is -0.129. The van der Waals surface area contributed by atoms with Crippen molar-refractivity contribution < 1.29 is 9.53 Å². The van der Waals surface area contributed by atoms with Crippen molar-refractivity contribution in [1.82, 2.24) is 10.2 Å². The van der Waals surface area contributed by atoms with Crippen LogP contribution < -0.4 is 5.32 Å². The molecular formula is C15H30N2O2. The molecule has 0 saturated carbocycles. The molecule has 0 amide bonds. The number of hydrogen-bond donors (Lipinski definition) is 1. The molecule has 1 fully saturated rings. The molecule has 0 spiro atoms. The second-order valence-electron chi connectivity index (χ2n) is 6.13. The summed E-state index contributed by atoms with van der Waals surface area (Å²) in [7, 11) is 0. The Kier molecular flexibility index (Phi) is 6.27. The zero-order chi connectivity index (χ0) is 14.5. The molecule has 0 bridgehead atoms. The lowest BCUT2D eigenvalue weighted by Gasteiger charge is -2.33. The fourth-order valence-corrected chi connectivity index (χ4v) is 2.85. The van der Waals surface area contributed by atoms with Crippen LogP contribution >= 0.6 is 0 Å². The number of nitrogens with zero attached hydrogens (tertiary/aromatic N) is 1. The topological polar surface area (TPSA) is 41.6 Å². The minimum absolute atomic E-state index is 0.129. The smallest absolute Gasteiger partial charge is 0.326 e. The summed E-state index contributed by atoms with van der Waals surface area (Å²) < 4.78 is 5.23. The molecule has 0 aromatic rings. The van der Waals surface area contributed by atoms with Crippen LogP contribution in [0.5, 0.6) is 0 Å². The molecule has 4 nitrogen and oxygen atoms in total. The standard InChI is InChI=1S/C15H30N2O2/c1-6-19-14(18)15(5,16-12(2)3)9-11-17-10-7-8-13(17)4/h12-13,16H,6-11H2,1-5H3. The van der Waals surface area contributed by atoms with Crippen LogP contribution in [0.3, 0.4) is 0 Å². The van der Waals surface area contributed by atoms with Crippen LogP contribution in [0.15, 0.2) is 0 Å². The van der Waals surface area contributed by atoms with Crippen molar-refractivity contribution in [3.05, 3.63) is 0 Å². The number of ether oxygens (including phenoxy) is 1. The van der Waals surface area contributed by atoms with Gasteiger partial charge in [0.15, 0.2) is 0 Å². The fourth-order valence-electron chi connectivity index (χ4n) is 2.85. The first-order valence-electron chi connectivity index (χ1n) is 7.58. The summed E-state index contributed by atoms with van der Waals surface area (Å²) in [5.41, 5.74) is -0.577. The number of carbonyl (C=O) groups is 1. The minimum atomic E-state index is -0.577. The zero-order valence-electron chi connectivity index (χ0n) is 13.2. The molecule has 1 aliphatic heterocycles. The second-order valence-corrected chi connectivity index (χ2v) is 6.13. The first kappa shape index (κ1) is 16.4. The maximum Gasteiger partial charge on any atom is 0.326 e. The Bertz CT molecular complexity index is 294. The van der Waals surface area contributed by atoms with Crippen LogP contribution in [0, 0.1) is 0 Å². The average Bonchev–Trinajstić information content (AvgIpc) is 2.72. The summed E-state index contributed by atoms with van der Waals surface area (Å²) >= 11 is 0. The zero-order valence-corrected chi connectivity index (χ0v) is 13.2. The highest BCUT2D eigenvalue weighted by Gasteiger charge is 2.36. The molecule has 0 aliphatic carbocycles. The van der Waals surface area contributed by atoms with Crippen molar-refractivity contribution in [2.24, 2.45) is 0 Å². The van der Waals surface area contributed by atoms with Crippen LogP contribution in [0.1, 0.15) is 53.9 Å². The van der Waals surface area contributed by atoms with Crippen molar-refractivity contribution in [3.8, 4) is 0 Å². The van der Waals surface area contributed by atoms with Crippen LogP contribution in [0.25, 0.3) is 0 Å². The largest absolute Gasteiger partial charge is 0.465 e. The molecule has 1 heterocycles. The summed E-state index contributed by atoms with van der Waals surface area (Å²) in [6.07, 6.45) is 3.34. The molecule has 4 heteroatoms. The SMILES string of the molecule is CCOC(=O)C(C)(CCN1CCCC1C)NC(C)C. The number of esters is 1. The molecule has 19 heavy (non-hydrogen) atoms. The third-order valence-corrected chi connectivity index (χ3v) is 3.92. The Morgan fingerprint density at radius 2 is 2.21 bits per heavy atom. The number of hydrogen-bond acceptors (Lipinski definition) is 4. The lowest BCUT2D eigenvalue weighted by atomic mass is 9.96. The third-order valence-electron chi connectivity index (χ3n) is 3.92. The molecule has 2 atom stereocenters. The van der Waals surface area contributed by atoms with Gasteiger partial charge in [0.1, 0.15) is 5.54 Å². The van der Waals surface area contributed by atoms with E-state index in [1.165, 1.54) is 12.8 Å². The van der Waals surface area contributed by atoms with E-state index in [-0.39, 0.29) is 12.0 Å². The Morgan fingerprint density at radius 1 is 1.53 bits per heavy atom. The van der Waals surface area contributed by atoms with Gasteiger partial charge in [0.25, 0.3) is 0 Å². The molecular weight excluding hydrogens is 240 g/mol. The molecule has 1 saturated heterocycles. The predicted molar refractivity (Wildman–Crippen MR) is 78.2 cm³/mol. The lowest BCUT2D eigenvalue weighted by Crippen LogP contribution is -2.54. The molecule has 0 aromatic heterocycles. The number of carbonyl (C=O) groups excluding carboxylic acids is 1. The van der Waals surface area contributed by atoms with E-state index in [4.69, 9.17) is 4.74 Å². The Morgan fingerprint density at radius 3 is 2.68 bits per heavy atom. The average molecular weight is 270 g/mol. The van der Waals surface area contributed by atoms with E-state index in [0.29, 0.717) is 12.6 Å². The van der Waals surface area contributed by atoms with Gasteiger partial charge in [0, 0.05) is 18.6 Å². The van der Waals surface area contributed by atoms with E-state index in [1.807, 2.05) is 13.8 Å². The van der Waals surface area contributed by atoms with Gasteiger partial charge in [-0.3, -0.25) is 10.1 Å². The minimum Gasteiger partial charge on any atom is -0.465 e. The molecule has 0 aromatic carbocycles. The van der Waals surface area contributed by atoms with Crippen LogP contribution in [-0.4, -0.2) is 48.2 Å². The van der Waals surface area contributed by atoms with Crippen molar-refractivity contribution >= 4 is 5.97 Å². The van der Waals surface area contributed by atoms with Crippen molar-refractivity contribution in [2.75, 3.05) is 19.7 Å². The summed E-state index contributed by atoms with van der Waals surface area (Å²) in [5, 5.41) is 3.38.